The van der Waals surface area contributed by atoms with E-state index in [9.17, 15) is 10.2 Å². The van der Waals surface area contributed by atoms with Gasteiger partial charge in [0.2, 0.25) is 0 Å². The second-order valence-electron chi connectivity index (χ2n) is 5.35. The molecule has 0 aliphatic carbocycles. The maximum Gasteiger partial charge on any atom is 0.161 e. The van der Waals surface area contributed by atoms with Gasteiger partial charge >= 0.3 is 0 Å². The molecule has 0 saturated carbocycles. The highest BCUT2D eigenvalue weighted by molar-refractivity contribution is 5.96. The highest BCUT2D eigenvalue weighted by atomic mass is 16.5. The van der Waals surface area contributed by atoms with Crippen LogP contribution in [0.1, 0.15) is 5.56 Å². The summed E-state index contributed by atoms with van der Waals surface area (Å²) in [5.74, 6) is 1.59. The minimum absolute atomic E-state index is 0.173. The molecule has 0 amide bonds. The number of ether oxygens (including phenoxy) is 2. The van der Waals surface area contributed by atoms with Crippen LogP contribution in [0.15, 0.2) is 28.7 Å². The average Bonchev–Trinajstić information content (AvgIpc) is 2.91. The lowest BCUT2D eigenvalue weighted by molar-refractivity contribution is 0.394. The predicted molar refractivity (Wildman–Crippen MR) is 85.4 cm³/mol. The van der Waals surface area contributed by atoms with Gasteiger partial charge in [-0.2, -0.15) is 0 Å². The van der Waals surface area contributed by atoms with Crippen molar-refractivity contribution in [1.82, 2.24) is 0 Å². The number of anilines is 1. The van der Waals surface area contributed by atoms with Crippen LogP contribution in [-0.4, -0.2) is 24.4 Å². The van der Waals surface area contributed by atoms with Crippen molar-refractivity contribution in [2.75, 3.05) is 19.5 Å². The fourth-order valence-electron chi connectivity index (χ4n) is 2.98. The molecule has 2 heterocycles. The maximum absolute atomic E-state index is 9.75. The Labute approximate surface area is 131 Å². The minimum Gasteiger partial charge on any atom is -0.504 e. The number of phenols is 2. The summed E-state index contributed by atoms with van der Waals surface area (Å²) in [4.78, 5) is 0. The van der Waals surface area contributed by atoms with Gasteiger partial charge in [-0.15, -0.1) is 0 Å². The van der Waals surface area contributed by atoms with Crippen molar-refractivity contribution in [3.05, 3.63) is 29.8 Å². The summed E-state index contributed by atoms with van der Waals surface area (Å²) in [5.41, 5.74) is 3.06. The lowest BCUT2D eigenvalue weighted by atomic mass is 9.99. The highest BCUT2D eigenvalue weighted by Crippen LogP contribution is 2.48. The topological polar surface area (TPSA) is 84.1 Å². The van der Waals surface area contributed by atoms with E-state index in [4.69, 9.17) is 13.9 Å². The van der Waals surface area contributed by atoms with Gasteiger partial charge in [-0.3, -0.25) is 0 Å². The van der Waals surface area contributed by atoms with E-state index in [-0.39, 0.29) is 11.5 Å². The Bertz CT molecular complexity index is 911. The van der Waals surface area contributed by atoms with Crippen LogP contribution in [-0.2, 0) is 6.54 Å². The first-order valence-electron chi connectivity index (χ1n) is 7.10. The molecule has 23 heavy (non-hydrogen) atoms. The number of methoxy groups -OCH3 is 2. The highest BCUT2D eigenvalue weighted by Gasteiger charge is 2.27. The number of aromatic hydroxyl groups is 2. The fourth-order valence-corrected chi connectivity index (χ4v) is 2.98. The molecular weight excluding hydrogens is 298 g/mol. The second-order valence-corrected chi connectivity index (χ2v) is 5.35. The van der Waals surface area contributed by atoms with Crippen molar-refractivity contribution in [3.8, 4) is 34.3 Å². The van der Waals surface area contributed by atoms with Gasteiger partial charge in [0.25, 0.3) is 0 Å². The summed E-state index contributed by atoms with van der Waals surface area (Å²) >= 11 is 0. The zero-order valence-electron chi connectivity index (χ0n) is 12.6. The zero-order chi connectivity index (χ0) is 16.1. The normalized spacial score (nSPS) is 12.4. The number of furan rings is 1. The molecule has 0 bridgehead atoms. The van der Waals surface area contributed by atoms with Crippen LogP contribution in [0.25, 0.3) is 22.3 Å². The summed E-state index contributed by atoms with van der Waals surface area (Å²) in [6.45, 7) is 0.538. The van der Waals surface area contributed by atoms with E-state index in [1.807, 2.05) is 6.07 Å². The lowest BCUT2D eigenvalue weighted by Crippen LogP contribution is -2.08. The number of rotatable bonds is 2. The Morgan fingerprint density at radius 3 is 2.57 bits per heavy atom. The number of phenolic OH excluding ortho intramolecular Hbond substituents is 2. The molecule has 1 aliphatic heterocycles. The van der Waals surface area contributed by atoms with E-state index >= 15 is 0 Å². The molecule has 4 rings (SSSR count). The molecule has 6 nitrogen and oxygen atoms in total. The Morgan fingerprint density at radius 2 is 1.83 bits per heavy atom. The van der Waals surface area contributed by atoms with Crippen molar-refractivity contribution in [2.24, 2.45) is 0 Å². The molecule has 0 radical (unpaired) electrons. The zero-order valence-corrected chi connectivity index (χ0v) is 12.6. The van der Waals surface area contributed by atoms with Crippen LogP contribution in [0.2, 0.25) is 0 Å². The molecule has 3 N–H and O–H groups in total. The number of nitrogens with one attached hydrogen (secondary N) is 1. The minimum atomic E-state index is -0.210. The van der Waals surface area contributed by atoms with E-state index in [0.29, 0.717) is 29.4 Å². The summed E-state index contributed by atoms with van der Waals surface area (Å²) in [6.07, 6.45) is 0. The van der Waals surface area contributed by atoms with Crippen LogP contribution in [0, 0.1) is 0 Å². The molecular formula is C17H15NO5. The van der Waals surface area contributed by atoms with Gasteiger partial charge in [0.15, 0.2) is 11.5 Å². The third-order valence-electron chi connectivity index (χ3n) is 4.10. The summed E-state index contributed by atoms with van der Waals surface area (Å²) in [5, 5.41) is 23.5. The van der Waals surface area contributed by atoms with E-state index in [1.165, 1.54) is 12.1 Å². The van der Waals surface area contributed by atoms with E-state index in [0.717, 1.165) is 22.2 Å². The lowest BCUT2D eigenvalue weighted by Gasteiger charge is -2.21. The smallest absolute Gasteiger partial charge is 0.161 e. The van der Waals surface area contributed by atoms with Gasteiger partial charge in [0.1, 0.15) is 22.8 Å². The molecule has 0 unspecified atom stereocenters. The van der Waals surface area contributed by atoms with E-state index in [2.05, 4.69) is 5.32 Å². The SMILES string of the molecule is COc1cc2c(c(OC)c1)-c1oc3cc(O)c(O)cc3c1CN2. The molecule has 1 aliphatic rings. The summed E-state index contributed by atoms with van der Waals surface area (Å²) < 4.78 is 16.7. The van der Waals surface area contributed by atoms with Gasteiger partial charge in [0, 0.05) is 35.7 Å². The first kappa shape index (κ1) is 13.6. The fraction of sp³-hybridized carbons (Fsp3) is 0.176. The van der Waals surface area contributed by atoms with Crippen LogP contribution in [0.5, 0.6) is 23.0 Å². The first-order chi connectivity index (χ1) is 11.1. The molecule has 3 aromatic rings. The molecule has 0 spiro atoms. The van der Waals surface area contributed by atoms with Crippen molar-refractivity contribution in [2.45, 2.75) is 6.54 Å². The van der Waals surface area contributed by atoms with Gasteiger partial charge < -0.3 is 29.4 Å². The molecule has 2 aromatic carbocycles. The van der Waals surface area contributed by atoms with E-state index < -0.39 is 0 Å². The Kier molecular flexibility index (Phi) is 2.81. The standard InChI is InChI=1S/C17H15NO5/c1-21-8-3-11-16(15(4-8)22-2)17-10(7-18-11)9-5-12(19)13(20)6-14(9)23-17/h3-6,18-20H,7H2,1-2H3. The van der Waals surface area contributed by atoms with Gasteiger partial charge in [-0.05, 0) is 6.07 Å². The summed E-state index contributed by atoms with van der Waals surface area (Å²) in [7, 11) is 3.19. The number of hydrogen-bond donors (Lipinski definition) is 3. The second kappa shape index (κ2) is 4.74. The number of hydrogen-bond acceptors (Lipinski definition) is 6. The molecule has 1 aromatic heterocycles. The van der Waals surface area contributed by atoms with Gasteiger partial charge in [-0.1, -0.05) is 0 Å². The maximum atomic E-state index is 9.75. The third kappa shape index (κ3) is 1.88. The largest absolute Gasteiger partial charge is 0.504 e. The molecule has 6 heteroatoms. The van der Waals surface area contributed by atoms with Crippen LogP contribution in [0.4, 0.5) is 5.69 Å². The monoisotopic (exact) mass is 313 g/mol. The van der Waals surface area contributed by atoms with Gasteiger partial charge in [-0.25, -0.2) is 0 Å². The van der Waals surface area contributed by atoms with E-state index in [1.54, 1.807) is 20.3 Å². The molecule has 0 fully saturated rings. The van der Waals surface area contributed by atoms with Crippen molar-refractivity contribution >= 4 is 16.7 Å². The van der Waals surface area contributed by atoms with Crippen LogP contribution in [0.3, 0.4) is 0 Å². The molecule has 0 atom stereocenters. The predicted octanol–water partition coefficient (Wildman–Crippen LogP) is 3.45. The Hall–Kier alpha value is -3.02. The van der Waals surface area contributed by atoms with Gasteiger partial charge in [0.05, 0.1) is 25.5 Å². The molecule has 118 valence electrons. The average molecular weight is 313 g/mol. The first-order valence-corrected chi connectivity index (χ1v) is 7.10. The number of fused-ring (bicyclic) bond motifs is 5. The van der Waals surface area contributed by atoms with Crippen molar-refractivity contribution in [1.29, 1.82) is 0 Å². The van der Waals surface area contributed by atoms with Crippen LogP contribution < -0.4 is 14.8 Å². The summed E-state index contributed by atoms with van der Waals surface area (Å²) in [6, 6.07) is 6.59. The Balaban J connectivity index is 2.03. The number of benzene rings is 2. The molecule has 0 saturated heterocycles. The van der Waals surface area contributed by atoms with Crippen molar-refractivity contribution in [3.63, 3.8) is 0 Å². The van der Waals surface area contributed by atoms with Crippen molar-refractivity contribution < 1.29 is 24.1 Å². The van der Waals surface area contributed by atoms with Crippen LogP contribution >= 0.6 is 0 Å². The Morgan fingerprint density at radius 1 is 1.04 bits per heavy atom. The third-order valence-corrected chi connectivity index (χ3v) is 4.10. The quantitative estimate of drug-likeness (QED) is 0.628.